The molecule has 9 heteroatoms. The van der Waals surface area contributed by atoms with E-state index in [0.717, 1.165) is 19.6 Å². The predicted octanol–water partition coefficient (Wildman–Crippen LogP) is 2.49. The topological polar surface area (TPSA) is 97.4 Å². The van der Waals surface area contributed by atoms with Gasteiger partial charge < -0.3 is 24.4 Å². The number of nitrogens with one attached hydrogen (secondary N) is 1. The van der Waals surface area contributed by atoms with Gasteiger partial charge in [-0.05, 0) is 44.5 Å². The van der Waals surface area contributed by atoms with Crippen molar-refractivity contribution in [3.8, 4) is 11.5 Å². The van der Waals surface area contributed by atoms with Crippen LogP contribution in [0.2, 0.25) is 0 Å². The van der Waals surface area contributed by atoms with Crippen LogP contribution in [-0.4, -0.2) is 79.6 Å². The standard InChI is InChI=1S/C27H35N3O6/c1-4-34-23-12-11-22(17-24(23)35-5-2)26(32)28-18-25(31)36-20(3)27(33)30-15-13-29(14-16-30)19-21-9-7-6-8-10-21/h6-12,17,20H,4-5,13-16,18-19H2,1-3H3,(H,28,32). The Kier molecular flexibility index (Phi) is 10.1. The Morgan fingerprint density at radius 1 is 0.917 bits per heavy atom. The minimum absolute atomic E-state index is 0.234. The molecule has 1 unspecified atom stereocenters. The number of amides is 2. The number of piperazine rings is 1. The van der Waals surface area contributed by atoms with Crippen molar-refractivity contribution in [1.82, 2.24) is 15.1 Å². The number of carbonyl (C=O) groups is 3. The van der Waals surface area contributed by atoms with Crippen molar-refractivity contribution in [2.45, 2.75) is 33.4 Å². The highest BCUT2D eigenvalue weighted by Crippen LogP contribution is 2.28. The van der Waals surface area contributed by atoms with Crippen molar-refractivity contribution in [1.29, 1.82) is 0 Å². The van der Waals surface area contributed by atoms with Crippen LogP contribution in [0.4, 0.5) is 0 Å². The molecular weight excluding hydrogens is 462 g/mol. The average molecular weight is 498 g/mol. The fourth-order valence-electron chi connectivity index (χ4n) is 3.96. The first-order valence-electron chi connectivity index (χ1n) is 12.3. The molecule has 9 nitrogen and oxygen atoms in total. The summed E-state index contributed by atoms with van der Waals surface area (Å²) in [7, 11) is 0. The molecule has 1 saturated heterocycles. The van der Waals surface area contributed by atoms with Gasteiger partial charge in [-0.15, -0.1) is 0 Å². The zero-order valence-corrected chi connectivity index (χ0v) is 21.2. The summed E-state index contributed by atoms with van der Waals surface area (Å²) >= 11 is 0. The lowest BCUT2D eigenvalue weighted by molar-refractivity contribution is -0.159. The van der Waals surface area contributed by atoms with E-state index in [0.29, 0.717) is 43.4 Å². The first-order valence-corrected chi connectivity index (χ1v) is 12.3. The Balaban J connectivity index is 1.43. The molecule has 2 aromatic rings. The summed E-state index contributed by atoms with van der Waals surface area (Å²) in [6, 6.07) is 15.0. The highest BCUT2D eigenvalue weighted by Gasteiger charge is 2.27. The van der Waals surface area contributed by atoms with Crippen molar-refractivity contribution in [2.75, 3.05) is 45.9 Å². The van der Waals surface area contributed by atoms with Gasteiger partial charge >= 0.3 is 5.97 Å². The highest BCUT2D eigenvalue weighted by molar-refractivity contribution is 5.96. The number of carbonyl (C=O) groups excluding carboxylic acids is 3. The molecule has 0 radical (unpaired) electrons. The van der Waals surface area contributed by atoms with Gasteiger partial charge in [-0.1, -0.05) is 30.3 Å². The van der Waals surface area contributed by atoms with Gasteiger partial charge in [0, 0.05) is 38.3 Å². The molecule has 1 heterocycles. The number of hydrogen-bond donors (Lipinski definition) is 1. The van der Waals surface area contributed by atoms with Gasteiger partial charge in [0.1, 0.15) is 6.54 Å². The lowest BCUT2D eigenvalue weighted by atomic mass is 10.2. The van der Waals surface area contributed by atoms with Crippen LogP contribution in [0.5, 0.6) is 11.5 Å². The fourth-order valence-corrected chi connectivity index (χ4v) is 3.96. The van der Waals surface area contributed by atoms with Crippen LogP contribution < -0.4 is 14.8 Å². The number of nitrogens with zero attached hydrogens (tertiary/aromatic N) is 2. The van der Waals surface area contributed by atoms with Crippen LogP contribution in [0.1, 0.15) is 36.7 Å². The Morgan fingerprint density at radius 2 is 1.58 bits per heavy atom. The SMILES string of the molecule is CCOc1ccc(C(=O)NCC(=O)OC(C)C(=O)N2CCN(Cc3ccccc3)CC2)cc1OCC. The van der Waals surface area contributed by atoms with Gasteiger partial charge in [-0.25, -0.2) is 0 Å². The smallest absolute Gasteiger partial charge is 0.326 e. The molecule has 1 fully saturated rings. The van der Waals surface area contributed by atoms with Gasteiger partial charge in [0.15, 0.2) is 17.6 Å². The molecule has 1 aliphatic rings. The van der Waals surface area contributed by atoms with E-state index in [2.05, 4.69) is 22.3 Å². The normalized spacial score (nSPS) is 14.6. The summed E-state index contributed by atoms with van der Waals surface area (Å²) < 4.78 is 16.3. The fraction of sp³-hybridized carbons (Fsp3) is 0.444. The van der Waals surface area contributed by atoms with Gasteiger partial charge in [-0.3, -0.25) is 19.3 Å². The summed E-state index contributed by atoms with van der Waals surface area (Å²) in [5.74, 6) is -0.365. The maximum atomic E-state index is 12.8. The second-order valence-corrected chi connectivity index (χ2v) is 8.43. The van der Waals surface area contributed by atoms with Crippen LogP contribution in [0.25, 0.3) is 0 Å². The zero-order chi connectivity index (χ0) is 25.9. The molecule has 36 heavy (non-hydrogen) atoms. The Labute approximate surface area is 212 Å². The summed E-state index contributed by atoms with van der Waals surface area (Å²) in [6.45, 7) is 9.29. The third-order valence-corrected chi connectivity index (χ3v) is 5.79. The zero-order valence-electron chi connectivity index (χ0n) is 21.2. The van der Waals surface area contributed by atoms with Gasteiger partial charge in [-0.2, -0.15) is 0 Å². The highest BCUT2D eigenvalue weighted by atomic mass is 16.5. The predicted molar refractivity (Wildman–Crippen MR) is 135 cm³/mol. The summed E-state index contributed by atoms with van der Waals surface area (Å²) in [4.78, 5) is 41.6. The maximum absolute atomic E-state index is 12.8. The van der Waals surface area contributed by atoms with Gasteiger partial charge in [0.2, 0.25) is 0 Å². The van der Waals surface area contributed by atoms with Gasteiger partial charge in [0.05, 0.1) is 13.2 Å². The Morgan fingerprint density at radius 3 is 2.25 bits per heavy atom. The Hall–Kier alpha value is -3.59. The second-order valence-electron chi connectivity index (χ2n) is 8.43. The van der Waals surface area contributed by atoms with Crippen molar-refractivity contribution in [2.24, 2.45) is 0 Å². The van der Waals surface area contributed by atoms with Crippen LogP contribution >= 0.6 is 0 Å². The molecule has 2 amide bonds. The molecule has 0 bridgehead atoms. The van der Waals surface area contributed by atoms with Crippen molar-refractivity contribution in [3.63, 3.8) is 0 Å². The lowest BCUT2D eigenvalue weighted by Gasteiger charge is -2.35. The molecule has 194 valence electrons. The van der Waals surface area contributed by atoms with Crippen LogP contribution in [0.15, 0.2) is 48.5 Å². The first-order chi connectivity index (χ1) is 17.4. The van der Waals surface area contributed by atoms with Crippen LogP contribution in [-0.2, 0) is 20.9 Å². The number of benzene rings is 2. The average Bonchev–Trinajstić information content (AvgIpc) is 2.89. The third kappa shape index (κ3) is 7.71. The first kappa shape index (κ1) is 27.0. The van der Waals surface area contributed by atoms with Crippen molar-refractivity contribution >= 4 is 17.8 Å². The van der Waals surface area contributed by atoms with Crippen LogP contribution in [0.3, 0.4) is 0 Å². The minimum Gasteiger partial charge on any atom is -0.490 e. The molecule has 0 aromatic heterocycles. The van der Waals surface area contributed by atoms with E-state index in [4.69, 9.17) is 14.2 Å². The van der Waals surface area contributed by atoms with E-state index < -0.39 is 18.0 Å². The Bertz CT molecular complexity index is 1020. The number of esters is 1. The van der Waals surface area contributed by atoms with E-state index >= 15 is 0 Å². The third-order valence-electron chi connectivity index (χ3n) is 5.79. The van der Waals surface area contributed by atoms with Crippen molar-refractivity contribution < 1.29 is 28.6 Å². The number of ether oxygens (including phenoxy) is 3. The quantitative estimate of drug-likeness (QED) is 0.477. The van der Waals surface area contributed by atoms with Crippen molar-refractivity contribution in [3.05, 3.63) is 59.7 Å². The molecule has 0 aliphatic carbocycles. The summed E-state index contributed by atoms with van der Waals surface area (Å²) in [5.41, 5.74) is 1.56. The van der Waals surface area contributed by atoms with E-state index in [1.807, 2.05) is 32.0 Å². The largest absolute Gasteiger partial charge is 0.490 e. The minimum atomic E-state index is -0.926. The summed E-state index contributed by atoms with van der Waals surface area (Å²) in [6.07, 6.45) is -0.926. The molecule has 2 aromatic carbocycles. The molecule has 0 saturated carbocycles. The molecule has 1 aliphatic heterocycles. The number of rotatable bonds is 11. The molecule has 0 spiro atoms. The molecule has 3 rings (SSSR count). The van der Waals surface area contributed by atoms with Crippen LogP contribution in [0, 0.1) is 0 Å². The second kappa shape index (κ2) is 13.5. The van der Waals surface area contributed by atoms with E-state index in [1.54, 1.807) is 30.0 Å². The number of hydrogen-bond acceptors (Lipinski definition) is 7. The maximum Gasteiger partial charge on any atom is 0.326 e. The lowest BCUT2D eigenvalue weighted by Crippen LogP contribution is -2.51. The molecular formula is C27H35N3O6. The molecule has 1 atom stereocenters. The monoisotopic (exact) mass is 497 g/mol. The van der Waals surface area contributed by atoms with Gasteiger partial charge in [0.25, 0.3) is 11.8 Å². The molecule has 1 N–H and O–H groups in total. The van der Waals surface area contributed by atoms with E-state index in [9.17, 15) is 14.4 Å². The van der Waals surface area contributed by atoms with E-state index in [-0.39, 0.29) is 12.5 Å². The van der Waals surface area contributed by atoms with E-state index in [1.165, 1.54) is 5.56 Å². The summed E-state index contributed by atoms with van der Waals surface area (Å²) in [5, 5.41) is 2.53.